The van der Waals surface area contributed by atoms with Gasteiger partial charge in [0.1, 0.15) is 0 Å². The number of aromatic amines is 1. The van der Waals surface area contributed by atoms with Gasteiger partial charge in [-0.15, -0.1) is 0 Å². The van der Waals surface area contributed by atoms with Crippen LogP contribution in [-0.2, 0) is 16.6 Å². The van der Waals surface area contributed by atoms with E-state index < -0.39 is 10.0 Å². The van der Waals surface area contributed by atoms with Gasteiger partial charge >= 0.3 is 0 Å². The van der Waals surface area contributed by atoms with Gasteiger partial charge in [0.05, 0.1) is 12.5 Å². The van der Waals surface area contributed by atoms with Crippen molar-refractivity contribution in [3.05, 3.63) is 17.5 Å². The second kappa shape index (κ2) is 5.60. The molecular formula is C12H22N4O2S. The summed E-state index contributed by atoms with van der Waals surface area (Å²) in [7, 11) is -3.06. The fourth-order valence-electron chi connectivity index (χ4n) is 2.51. The molecule has 1 saturated heterocycles. The highest BCUT2D eigenvalue weighted by Gasteiger charge is 2.30. The molecule has 1 fully saturated rings. The number of aryl methyl sites for hydroxylation is 1. The van der Waals surface area contributed by atoms with Crippen LogP contribution in [0.3, 0.4) is 0 Å². The number of rotatable bonds is 4. The fraction of sp³-hybridized carbons (Fsp3) is 0.750. The van der Waals surface area contributed by atoms with Crippen molar-refractivity contribution >= 4 is 10.0 Å². The molecule has 1 aliphatic rings. The van der Waals surface area contributed by atoms with Gasteiger partial charge in [0.25, 0.3) is 0 Å². The lowest BCUT2D eigenvalue weighted by atomic mass is 9.95. The highest BCUT2D eigenvalue weighted by Crippen LogP contribution is 2.19. The summed E-state index contributed by atoms with van der Waals surface area (Å²) in [4.78, 5) is 0. The standard InChI is InChI=1S/C12H22N4O2S/c1-9-8-16(19(3,17)18)5-4-12(9)13-6-11-7-14-15-10(11)2/h7,9,12-13H,4-6,8H2,1-3H3,(H,14,15)/t9-,12+/m1/s1. The fourth-order valence-corrected chi connectivity index (χ4v) is 3.45. The minimum Gasteiger partial charge on any atom is -0.309 e. The third-order valence-corrected chi connectivity index (χ3v) is 5.10. The molecule has 2 atom stereocenters. The molecule has 1 aromatic rings. The maximum absolute atomic E-state index is 11.5. The summed E-state index contributed by atoms with van der Waals surface area (Å²) in [6.45, 7) is 6.07. The first-order valence-corrected chi connectivity index (χ1v) is 8.40. The molecule has 0 saturated carbocycles. The number of sulfonamides is 1. The van der Waals surface area contributed by atoms with Gasteiger partial charge in [0.2, 0.25) is 10.0 Å². The summed E-state index contributed by atoms with van der Waals surface area (Å²) in [6, 6.07) is 0.354. The maximum atomic E-state index is 11.5. The van der Waals surface area contributed by atoms with Crippen molar-refractivity contribution in [1.29, 1.82) is 0 Å². The van der Waals surface area contributed by atoms with E-state index in [0.29, 0.717) is 25.0 Å². The third kappa shape index (κ3) is 3.55. The number of nitrogens with one attached hydrogen (secondary N) is 2. The van der Waals surface area contributed by atoms with Crippen molar-refractivity contribution < 1.29 is 8.42 Å². The molecule has 2 N–H and O–H groups in total. The zero-order valence-corrected chi connectivity index (χ0v) is 12.5. The lowest BCUT2D eigenvalue weighted by Gasteiger charge is -2.36. The number of H-pyrrole nitrogens is 1. The monoisotopic (exact) mass is 286 g/mol. The van der Waals surface area contributed by atoms with E-state index in [1.165, 1.54) is 6.26 Å². The Kier molecular flexibility index (Phi) is 4.27. The summed E-state index contributed by atoms with van der Waals surface area (Å²) in [5, 5.41) is 10.4. The zero-order chi connectivity index (χ0) is 14.0. The van der Waals surface area contributed by atoms with Crippen molar-refractivity contribution in [2.45, 2.75) is 32.9 Å². The lowest BCUT2D eigenvalue weighted by Crippen LogP contribution is -2.49. The van der Waals surface area contributed by atoms with E-state index in [-0.39, 0.29) is 0 Å². The predicted molar refractivity (Wildman–Crippen MR) is 74.2 cm³/mol. The van der Waals surface area contributed by atoms with E-state index in [1.54, 1.807) is 4.31 Å². The van der Waals surface area contributed by atoms with Crippen LogP contribution in [0.15, 0.2) is 6.20 Å². The van der Waals surface area contributed by atoms with E-state index in [0.717, 1.165) is 24.2 Å². The second-order valence-electron chi connectivity index (χ2n) is 5.39. The Hall–Kier alpha value is -0.920. The van der Waals surface area contributed by atoms with Crippen LogP contribution in [-0.4, -0.2) is 48.3 Å². The van der Waals surface area contributed by atoms with E-state index in [9.17, 15) is 8.42 Å². The predicted octanol–water partition coefficient (Wildman–Crippen LogP) is 0.478. The molecule has 0 amide bonds. The van der Waals surface area contributed by atoms with E-state index in [2.05, 4.69) is 22.4 Å². The molecule has 0 aliphatic carbocycles. The first-order chi connectivity index (χ1) is 8.88. The maximum Gasteiger partial charge on any atom is 0.211 e. The Bertz CT molecular complexity index is 526. The average Bonchev–Trinajstić information content (AvgIpc) is 2.72. The SMILES string of the molecule is Cc1[nH]ncc1CN[C@H]1CCN(S(C)(=O)=O)C[C@H]1C. The van der Waals surface area contributed by atoms with Crippen LogP contribution in [0.5, 0.6) is 0 Å². The van der Waals surface area contributed by atoms with Gasteiger partial charge in [-0.3, -0.25) is 5.10 Å². The van der Waals surface area contributed by atoms with Crippen LogP contribution in [0, 0.1) is 12.8 Å². The summed E-state index contributed by atoms with van der Waals surface area (Å²) in [5.41, 5.74) is 2.24. The summed E-state index contributed by atoms with van der Waals surface area (Å²) in [5.74, 6) is 0.315. The Labute approximate surface area is 114 Å². The van der Waals surface area contributed by atoms with E-state index >= 15 is 0 Å². The molecule has 0 spiro atoms. The number of nitrogens with zero attached hydrogens (tertiary/aromatic N) is 2. The van der Waals surface area contributed by atoms with Gasteiger partial charge in [0, 0.05) is 36.9 Å². The molecule has 2 heterocycles. The van der Waals surface area contributed by atoms with Crippen LogP contribution in [0.25, 0.3) is 0 Å². The molecule has 1 aliphatic heterocycles. The van der Waals surface area contributed by atoms with Crippen LogP contribution < -0.4 is 5.32 Å². The van der Waals surface area contributed by atoms with Gasteiger partial charge in [0.15, 0.2) is 0 Å². The highest BCUT2D eigenvalue weighted by molar-refractivity contribution is 7.88. The minimum absolute atomic E-state index is 0.315. The molecule has 7 heteroatoms. The molecule has 2 rings (SSSR count). The summed E-state index contributed by atoms with van der Waals surface area (Å²) >= 11 is 0. The molecule has 0 unspecified atom stereocenters. The van der Waals surface area contributed by atoms with Crippen LogP contribution in [0.2, 0.25) is 0 Å². The Morgan fingerprint density at radius 2 is 2.32 bits per heavy atom. The third-order valence-electron chi connectivity index (χ3n) is 3.83. The van der Waals surface area contributed by atoms with Gasteiger partial charge in [-0.1, -0.05) is 6.92 Å². The quantitative estimate of drug-likeness (QED) is 0.844. The molecule has 0 radical (unpaired) electrons. The van der Waals surface area contributed by atoms with Crippen LogP contribution in [0.4, 0.5) is 0 Å². The van der Waals surface area contributed by atoms with Crippen molar-refractivity contribution in [1.82, 2.24) is 19.8 Å². The number of piperidine rings is 1. The Morgan fingerprint density at radius 1 is 1.58 bits per heavy atom. The van der Waals surface area contributed by atoms with Crippen molar-refractivity contribution in [2.75, 3.05) is 19.3 Å². The van der Waals surface area contributed by atoms with E-state index in [4.69, 9.17) is 0 Å². The van der Waals surface area contributed by atoms with Crippen molar-refractivity contribution in [3.63, 3.8) is 0 Å². The van der Waals surface area contributed by atoms with Gasteiger partial charge in [-0.25, -0.2) is 12.7 Å². The van der Waals surface area contributed by atoms with Crippen molar-refractivity contribution in [3.8, 4) is 0 Å². The zero-order valence-electron chi connectivity index (χ0n) is 11.7. The largest absolute Gasteiger partial charge is 0.309 e. The van der Waals surface area contributed by atoms with Gasteiger partial charge < -0.3 is 5.32 Å². The number of hydrogen-bond acceptors (Lipinski definition) is 4. The van der Waals surface area contributed by atoms with Gasteiger partial charge in [-0.05, 0) is 19.3 Å². The minimum atomic E-state index is -3.06. The summed E-state index contributed by atoms with van der Waals surface area (Å²) < 4.78 is 24.6. The highest BCUT2D eigenvalue weighted by atomic mass is 32.2. The molecule has 1 aromatic heterocycles. The lowest BCUT2D eigenvalue weighted by molar-refractivity contribution is 0.220. The van der Waals surface area contributed by atoms with Crippen LogP contribution in [0.1, 0.15) is 24.6 Å². The van der Waals surface area contributed by atoms with Crippen LogP contribution >= 0.6 is 0 Å². The average molecular weight is 286 g/mol. The van der Waals surface area contributed by atoms with Gasteiger partial charge in [-0.2, -0.15) is 5.10 Å². The van der Waals surface area contributed by atoms with E-state index in [1.807, 2.05) is 13.1 Å². The molecule has 108 valence electrons. The first kappa shape index (κ1) is 14.5. The molecule has 6 nitrogen and oxygen atoms in total. The Morgan fingerprint density at radius 3 is 2.84 bits per heavy atom. The molecular weight excluding hydrogens is 264 g/mol. The molecule has 0 bridgehead atoms. The first-order valence-electron chi connectivity index (χ1n) is 6.55. The topological polar surface area (TPSA) is 78.1 Å². The second-order valence-corrected chi connectivity index (χ2v) is 7.38. The summed E-state index contributed by atoms with van der Waals surface area (Å²) in [6.07, 6.45) is 3.96. The molecule has 0 aromatic carbocycles. The smallest absolute Gasteiger partial charge is 0.211 e. The number of hydrogen-bond donors (Lipinski definition) is 2. The molecule has 19 heavy (non-hydrogen) atoms. The Balaban J connectivity index is 1.89. The van der Waals surface area contributed by atoms with Crippen molar-refractivity contribution in [2.24, 2.45) is 5.92 Å². The normalized spacial score (nSPS) is 25.6. The number of aromatic nitrogens is 2.